The van der Waals surface area contributed by atoms with Crippen molar-refractivity contribution in [1.29, 1.82) is 0 Å². The number of ether oxygens (including phenoxy) is 3. The number of aryl methyl sites for hydroxylation is 1. The summed E-state index contributed by atoms with van der Waals surface area (Å²) in [7, 11) is 4.68. The van der Waals surface area contributed by atoms with E-state index in [1.54, 1.807) is 45.6 Å². The Morgan fingerprint density at radius 1 is 1.04 bits per heavy atom. The highest BCUT2D eigenvalue weighted by Gasteiger charge is 2.15. The van der Waals surface area contributed by atoms with Gasteiger partial charge in [-0.05, 0) is 24.6 Å². The van der Waals surface area contributed by atoms with Gasteiger partial charge in [0.15, 0.2) is 0 Å². The molecule has 2 rings (SSSR count). The Hall–Kier alpha value is -2.89. The number of carbonyl (C=O) groups excluding carboxylic acids is 1. The lowest BCUT2D eigenvalue weighted by atomic mass is 10.1. The lowest BCUT2D eigenvalue weighted by Crippen LogP contribution is -2.24. The quantitative estimate of drug-likeness (QED) is 0.795. The predicted octanol–water partition coefficient (Wildman–Crippen LogP) is 2.53. The van der Waals surface area contributed by atoms with Gasteiger partial charge in [-0.25, -0.2) is 0 Å². The molecule has 0 aliphatic carbocycles. The molecule has 2 aromatic carbocycles. The van der Waals surface area contributed by atoms with E-state index in [2.05, 4.69) is 5.32 Å². The van der Waals surface area contributed by atoms with Crippen molar-refractivity contribution in [2.75, 3.05) is 27.1 Å². The van der Waals surface area contributed by atoms with Crippen LogP contribution in [0.1, 0.15) is 21.5 Å². The first kappa shape index (κ1) is 17.5. The van der Waals surface area contributed by atoms with Crippen LogP contribution < -0.4 is 25.3 Å². The number of hydrogen-bond acceptors (Lipinski definition) is 5. The highest BCUT2D eigenvalue weighted by molar-refractivity contribution is 5.96. The molecule has 0 saturated heterocycles. The summed E-state index contributed by atoms with van der Waals surface area (Å²) in [5, 5.41) is 2.87. The Kier molecular flexibility index (Phi) is 5.52. The summed E-state index contributed by atoms with van der Waals surface area (Å²) in [5.74, 6) is 1.57. The van der Waals surface area contributed by atoms with E-state index >= 15 is 0 Å². The first-order valence-electron chi connectivity index (χ1n) is 7.43. The average Bonchev–Trinajstić information content (AvgIpc) is 2.60. The van der Waals surface area contributed by atoms with Gasteiger partial charge in [-0.1, -0.05) is 6.07 Å². The summed E-state index contributed by atoms with van der Waals surface area (Å²) in [4.78, 5) is 12.4. The smallest absolute Gasteiger partial charge is 0.251 e. The van der Waals surface area contributed by atoms with Gasteiger partial charge in [-0.3, -0.25) is 4.79 Å². The maximum atomic E-state index is 12.4. The minimum absolute atomic E-state index is 0.209. The van der Waals surface area contributed by atoms with E-state index in [1.165, 1.54) is 0 Å². The van der Waals surface area contributed by atoms with Gasteiger partial charge in [-0.2, -0.15) is 0 Å². The lowest BCUT2D eigenvalue weighted by Gasteiger charge is -2.16. The summed E-state index contributed by atoms with van der Waals surface area (Å²) >= 11 is 0. The number of benzene rings is 2. The normalized spacial score (nSPS) is 10.2. The van der Waals surface area contributed by atoms with Gasteiger partial charge in [0.25, 0.3) is 5.91 Å². The lowest BCUT2D eigenvalue weighted by molar-refractivity contribution is 0.0950. The molecule has 2 aromatic rings. The highest BCUT2D eigenvalue weighted by Crippen LogP contribution is 2.33. The van der Waals surface area contributed by atoms with Crippen molar-refractivity contribution in [3.63, 3.8) is 0 Å². The molecule has 0 spiro atoms. The number of anilines is 1. The first-order chi connectivity index (χ1) is 11.5. The summed E-state index contributed by atoms with van der Waals surface area (Å²) in [6.07, 6.45) is 0. The second-order valence-electron chi connectivity index (χ2n) is 5.27. The molecule has 0 bridgehead atoms. The van der Waals surface area contributed by atoms with Gasteiger partial charge >= 0.3 is 0 Å². The third kappa shape index (κ3) is 3.71. The van der Waals surface area contributed by atoms with Crippen LogP contribution in [0.15, 0.2) is 30.3 Å². The van der Waals surface area contributed by atoms with Crippen LogP contribution in [0.4, 0.5) is 5.69 Å². The number of nitrogen functional groups attached to an aromatic ring is 1. The van der Waals surface area contributed by atoms with Crippen LogP contribution in [0.2, 0.25) is 0 Å². The van der Waals surface area contributed by atoms with Crippen molar-refractivity contribution in [3.8, 4) is 17.2 Å². The minimum atomic E-state index is -0.209. The molecule has 0 aliphatic rings. The van der Waals surface area contributed by atoms with E-state index in [-0.39, 0.29) is 12.5 Å². The predicted molar refractivity (Wildman–Crippen MR) is 92.9 cm³/mol. The van der Waals surface area contributed by atoms with E-state index in [9.17, 15) is 4.79 Å². The molecule has 24 heavy (non-hydrogen) atoms. The number of methoxy groups -OCH3 is 3. The minimum Gasteiger partial charge on any atom is -0.496 e. The van der Waals surface area contributed by atoms with Crippen molar-refractivity contribution >= 4 is 11.6 Å². The van der Waals surface area contributed by atoms with Crippen LogP contribution >= 0.6 is 0 Å². The molecule has 0 aromatic heterocycles. The Labute approximate surface area is 141 Å². The number of amides is 1. The van der Waals surface area contributed by atoms with Crippen LogP contribution in [-0.4, -0.2) is 27.2 Å². The number of nitrogens with two attached hydrogens (primary N) is 1. The zero-order valence-corrected chi connectivity index (χ0v) is 14.3. The van der Waals surface area contributed by atoms with Gasteiger partial charge in [0.1, 0.15) is 17.2 Å². The molecular weight excluding hydrogens is 308 g/mol. The highest BCUT2D eigenvalue weighted by atomic mass is 16.5. The third-order valence-corrected chi connectivity index (χ3v) is 3.75. The fraction of sp³-hybridized carbons (Fsp3) is 0.278. The number of hydrogen-bond donors (Lipinski definition) is 2. The average molecular weight is 330 g/mol. The third-order valence-electron chi connectivity index (χ3n) is 3.75. The molecule has 0 aliphatic heterocycles. The van der Waals surface area contributed by atoms with Crippen LogP contribution in [-0.2, 0) is 6.54 Å². The topological polar surface area (TPSA) is 82.8 Å². The molecule has 0 unspecified atom stereocenters. The second kappa shape index (κ2) is 7.59. The summed E-state index contributed by atoms with van der Waals surface area (Å²) in [6.45, 7) is 2.12. The molecule has 6 nitrogen and oxygen atoms in total. The zero-order valence-electron chi connectivity index (χ0n) is 14.3. The van der Waals surface area contributed by atoms with E-state index in [0.29, 0.717) is 28.5 Å². The second-order valence-corrected chi connectivity index (χ2v) is 5.27. The molecule has 128 valence electrons. The largest absolute Gasteiger partial charge is 0.496 e. The van der Waals surface area contributed by atoms with E-state index in [0.717, 1.165) is 11.1 Å². The Morgan fingerprint density at radius 2 is 1.67 bits per heavy atom. The van der Waals surface area contributed by atoms with Crippen LogP contribution in [0.25, 0.3) is 0 Å². The van der Waals surface area contributed by atoms with Gasteiger partial charge < -0.3 is 25.3 Å². The number of carbonyl (C=O) groups is 1. The number of nitrogens with one attached hydrogen (secondary N) is 1. The standard InChI is InChI=1S/C18H22N2O4/c1-11-5-6-12(19)7-14(11)18(21)20-10-15-16(23-3)8-13(22-2)9-17(15)24-4/h5-9H,10,19H2,1-4H3,(H,20,21). The maximum Gasteiger partial charge on any atom is 0.251 e. The molecular formula is C18H22N2O4. The molecule has 0 radical (unpaired) electrons. The Morgan fingerprint density at radius 3 is 2.21 bits per heavy atom. The molecule has 0 saturated carbocycles. The van der Waals surface area contributed by atoms with Gasteiger partial charge in [0.05, 0.1) is 33.4 Å². The van der Waals surface area contributed by atoms with E-state index < -0.39 is 0 Å². The molecule has 0 fully saturated rings. The van der Waals surface area contributed by atoms with Crippen LogP contribution in [0.5, 0.6) is 17.2 Å². The van der Waals surface area contributed by atoms with Crippen molar-refractivity contribution < 1.29 is 19.0 Å². The van der Waals surface area contributed by atoms with Crippen molar-refractivity contribution in [3.05, 3.63) is 47.0 Å². The molecule has 3 N–H and O–H groups in total. The molecule has 6 heteroatoms. The van der Waals surface area contributed by atoms with E-state index in [4.69, 9.17) is 19.9 Å². The number of rotatable bonds is 6. The van der Waals surface area contributed by atoms with Gasteiger partial charge in [0.2, 0.25) is 0 Å². The van der Waals surface area contributed by atoms with Gasteiger partial charge in [0, 0.05) is 23.4 Å². The van der Waals surface area contributed by atoms with Crippen molar-refractivity contribution in [2.45, 2.75) is 13.5 Å². The zero-order chi connectivity index (χ0) is 17.7. The molecule has 0 heterocycles. The van der Waals surface area contributed by atoms with Crippen molar-refractivity contribution in [1.82, 2.24) is 5.32 Å². The molecule has 1 amide bonds. The molecule has 0 atom stereocenters. The van der Waals surface area contributed by atoms with Crippen LogP contribution in [0.3, 0.4) is 0 Å². The van der Waals surface area contributed by atoms with Crippen molar-refractivity contribution in [2.24, 2.45) is 0 Å². The Bertz CT molecular complexity index is 719. The Balaban J connectivity index is 2.25. The van der Waals surface area contributed by atoms with E-state index in [1.807, 2.05) is 13.0 Å². The maximum absolute atomic E-state index is 12.4. The summed E-state index contributed by atoms with van der Waals surface area (Å²) in [5.41, 5.74) is 8.44. The van der Waals surface area contributed by atoms with Gasteiger partial charge in [-0.15, -0.1) is 0 Å². The fourth-order valence-corrected chi connectivity index (χ4v) is 2.40. The monoisotopic (exact) mass is 330 g/mol. The summed E-state index contributed by atoms with van der Waals surface area (Å²) in [6, 6.07) is 8.74. The summed E-state index contributed by atoms with van der Waals surface area (Å²) < 4.78 is 16.0. The fourth-order valence-electron chi connectivity index (χ4n) is 2.40. The first-order valence-corrected chi connectivity index (χ1v) is 7.43. The van der Waals surface area contributed by atoms with Crippen LogP contribution in [0, 0.1) is 6.92 Å². The SMILES string of the molecule is COc1cc(OC)c(CNC(=O)c2cc(N)ccc2C)c(OC)c1.